The van der Waals surface area contributed by atoms with Crippen LogP contribution in [0.3, 0.4) is 0 Å². The summed E-state index contributed by atoms with van der Waals surface area (Å²) in [6.45, 7) is 4.03. The molecule has 2 rings (SSSR count). The van der Waals surface area contributed by atoms with Crippen LogP contribution >= 0.6 is 0 Å². The van der Waals surface area contributed by atoms with Gasteiger partial charge in [-0.3, -0.25) is 10.1 Å². The summed E-state index contributed by atoms with van der Waals surface area (Å²) >= 11 is 0. The molecule has 0 bridgehead atoms. The third-order valence-electron chi connectivity index (χ3n) is 3.67. The molecule has 6 nitrogen and oxygen atoms in total. The van der Waals surface area contributed by atoms with Crippen LogP contribution in [0.5, 0.6) is 0 Å². The van der Waals surface area contributed by atoms with Gasteiger partial charge >= 0.3 is 5.97 Å². The minimum atomic E-state index is -1.02. The maximum atomic E-state index is 11.2. The zero-order valence-corrected chi connectivity index (χ0v) is 10.3. The fourth-order valence-electron chi connectivity index (χ4n) is 2.47. The molecule has 6 heteroatoms. The van der Waals surface area contributed by atoms with Crippen LogP contribution in [0.2, 0.25) is 0 Å². The van der Waals surface area contributed by atoms with Gasteiger partial charge in [0.2, 0.25) is 0 Å². The first kappa shape index (κ1) is 12.8. The number of nitro groups is 1. The maximum absolute atomic E-state index is 11.2. The number of hydrogen-bond donors (Lipinski definition) is 1. The van der Waals surface area contributed by atoms with Crippen LogP contribution in [-0.4, -0.2) is 28.7 Å². The normalized spacial score (nSPS) is 29.2. The Hall–Kier alpha value is -1.69. The van der Waals surface area contributed by atoms with Crippen LogP contribution in [0.4, 0.5) is 0 Å². The van der Waals surface area contributed by atoms with Crippen molar-refractivity contribution in [3.8, 4) is 0 Å². The molecule has 1 fully saturated rings. The van der Waals surface area contributed by atoms with Crippen molar-refractivity contribution in [1.29, 1.82) is 0 Å². The number of carboxylic acids is 1. The standard InChI is InChI=1S/C12H15NO5/c1-12(2)9(5-7-6-18-7)8(11(14)15)3-4-10(12)13(16)17/h3-4,7,9H,5-6H2,1-2H3,(H,14,15). The molecule has 2 atom stereocenters. The molecule has 1 heterocycles. The molecule has 18 heavy (non-hydrogen) atoms. The Balaban J connectivity index is 2.38. The Morgan fingerprint density at radius 2 is 2.22 bits per heavy atom. The van der Waals surface area contributed by atoms with Crippen LogP contribution in [0, 0.1) is 21.4 Å². The maximum Gasteiger partial charge on any atom is 0.331 e. The molecule has 0 aromatic rings. The number of hydrogen-bond acceptors (Lipinski definition) is 4. The number of epoxide rings is 1. The quantitative estimate of drug-likeness (QED) is 0.466. The predicted octanol–water partition coefficient (Wildman–Crippen LogP) is 1.60. The van der Waals surface area contributed by atoms with Gasteiger partial charge in [-0.25, -0.2) is 4.79 Å². The summed E-state index contributed by atoms with van der Waals surface area (Å²) in [6, 6.07) is 0. The second kappa shape index (κ2) is 4.20. The van der Waals surface area contributed by atoms with Gasteiger partial charge in [-0.1, -0.05) is 0 Å². The summed E-state index contributed by atoms with van der Waals surface area (Å²) < 4.78 is 5.12. The number of nitrogens with zero attached hydrogens (tertiary/aromatic N) is 1. The first-order chi connectivity index (χ1) is 8.34. The zero-order valence-electron chi connectivity index (χ0n) is 10.3. The van der Waals surface area contributed by atoms with E-state index in [9.17, 15) is 20.0 Å². The zero-order chi connectivity index (χ0) is 13.5. The summed E-state index contributed by atoms with van der Waals surface area (Å²) in [5.41, 5.74) is -0.531. The first-order valence-electron chi connectivity index (χ1n) is 5.75. The van der Waals surface area contributed by atoms with Gasteiger partial charge in [0.05, 0.1) is 23.0 Å². The monoisotopic (exact) mass is 253 g/mol. The lowest BCUT2D eigenvalue weighted by Crippen LogP contribution is -2.36. The lowest BCUT2D eigenvalue weighted by molar-refractivity contribution is -0.442. The van der Waals surface area contributed by atoms with Crippen molar-refractivity contribution in [3.05, 3.63) is 33.5 Å². The minimum Gasteiger partial charge on any atom is -0.478 e. The molecule has 0 aromatic heterocycles. The van der Waals surface area contributed by atoms with E-state index in [1.807, 2.05) is 0 Å². The molecule has 0 spiro atoms. The van der Waals surface area contributed by atoms with E-state index in [0.29, 0.717) is 13.0 Å². The molecule has 0 aromatic carbocycles. The van der Waals surface area contributed by atoms with Crippen molar-refractivity contribution in [3.63, 3.8) is 0 Å². The van der Waals surface area contributed by atoms with Crippen molar-refractivity contribution in [2.75, 3.05) is 6.61 Å². The molecular formula is C12H15NO5. The third kappa shape index (κ3) is 2.15. The second-order valence-corrected chi connectivity index (χ2v) is 5.20. The molecule has 2 unspecified atom stereocenters. The lowest BCUT2D eigenvalue weighted by Gasteiger charge is -2.34. The molecule has 0 saturated carbocycles. The number of carboxylic acid groups (broad SMARTS) is 1. The van der Waals surface area contributed by atoms with Gasteiger partial charge in [-0.05, 0) is 26.3 Å². The Morgan fingerprint density at radius 3 is 2.67 bits per heavy atom. The SMILES string of the molecule is CC1(C)C([N+](=O)[O-])=CC=C(C(=O)O)C1CC1CO1. The molecular weight excluding hydrogens is 238 g/mol. The van der Waals surface area contributed by atoms with Crippen LogP contribution in [0.1, 0.15) is 20.3 Å². The number of allylic oxidation sites excluding steroid dienone is 3. The third-order valence-corrected chi connectivity index (χ3v) is 3.67. The summed E-state index contributed by atoms with van der Waals surface area (Å²) in [5, 5.41) is 20.2. The number of aliphatic carboxylic acids is 1. The summed E-state index contributed by atoms with van der Waals surface area (Å²) in [7, 11) is 0. The molecule has 0 radical (unpaired) electrons. The highest BCUT2D eigenvalue weighted by atomic mass is 16.6. The van der Waals surface area contributed by atoms with Crippen molar-refractivity contribution in [2.45, 2.75) is 26.4 Å². The van der Waals surface area contributed by atoms with E-state index < -0.39 is 22.2 Å². The Labute approximate surface area is 104 Å². The Morgan fingerprint density at radius 1 is 1.61 bits per heavy atom. The van der Waals surface area contributed by atoms with Gasteiger partial charge in [0.15, 0.2) is 0 Å². The van der Waals surface area contributed by atoms with E-state index in [1.165, 1.54) is 12.2 Å². The van der Waals surface area contributed by atoms with E-state index in [-0.39, 0.29) is 17.4 Å². The molecule has 2 aliphatic rings. The smallest absolute Gasteiger partial charge is 0.331 e. The topological polar surface area (TPSA) is 93.0 Å². The average molecular weight is 253 g/mol. The molecule has 98 valence electrons. The predicted molar refractivity (Wildman–Crippen MR) is 62.4 cm³/mol. The summed E-state index contributed by atoms with van der Waals surface area (Å²) in [5.74, 6) is -1.42. The van der Waals surface area contributed by atoms with Crippen molar-refractivity contribution >= 4 is 5.97 Å². The van der Waals surface area contributed by atoms with Crippen molar-refractivity contribution < 1.29 is 19.6 Å². The van der Waals surface area contributed by atoms with Gasteiger partial charge < -0.3 is 9.84 Å². The minimum absolute atomic E-state index is 0.0307. The highest BCUT2D eigenvalue weighted by molar-refractivity contribution is 5.88. The van der Waals surface area contributed by atoms with Gasteiger partial charge in [-0.2, -0.15) is 0 Å². The van der Waals surface area contributed by atoms with Gasteiger partial charge in [0.25, 0.3) is 5.70 Å². The first-order valence-corrected chi connectivity index (χ1v) is 5.75. The number of rotatable bonds is 4. The van der Waals surface area contributed by atoms with Gasteiger partial charge in [-0.15, -0.1) is 0 Å². The molecule has 1 aliphatic carbocycles. The number of ether oxygens (including phenoxy) is 1. The average Bonchev–Trinajstić information content (AvgIpc) is 3.03. The van der Waals surface area contributed by atoms with E-state index in [2.05, 4.69) is 0 Å². The van der Waals surface area contributed by atoms with Gasteiger partial charge in [0, 0.05) is 17.6 Å². The second-order valence-electron chi connectivity index (χ2n) is 5.20. The van der Waals surface area contributed by atoms with E-state index >= 15 is 0 Å². The Kier molecular flexibility index (Phi) is 2.98. The summed E-state index contributed by atoms with van der Waals surface area (Å²) in [4.78, 5) is 21.8. The van der Waals surface area contributed by atoms with Gasteiger partial charge in [0.1, 0.15) is 0 Å². The highest BCUT2D eigenvalue weighted by Crippen LogP contribution is 2.46. The molecule has 1 N–H and O–H groups in total. The van der Waals surface area contributed by atoms with Crippen molar-refractivity contribution in [2.24, 2.45) is 11.3 Å². The van der Waals surface area contributed by atoms with E-state index in [0.717, 1.165) is 0 Å². The Bertz CT molecular complexity index is 459. The van der Waals surface area contributed by atoms with Crippen molar-refractivity contribution in [1.82, 2.24) is 0 Å². The molecule has 1 aliphatic heterocycles. The fraction of sp³-hybridized carbons (Fsp3) is 0.583. The molecule has 0 amide bonds. The lowest BCUT2D eigenvalue weighted by atomic mass is 9.67. The van der Waals surface area contributed by atoms with Crippen LogP contribution in [0.15, 0.2) is 23.4 Å². The highest BCUT2D eigenvalue weighted by Gasteiger charge is 2.48. The van der Waals surface area contributed by atoms with Crippen LogP contribution < -0.4 is 0 Å². The largest absolute Gasteiger partial charge is 0.478 e. The molecule has 1 saturated heterocycles. The number of carbonyl (C=O) groups is 1. The van der Waals surface area contributed by atoms with E-state index in [4.69, 9.17) is 4.74 Å². The van der Waals surface area contributed by atoms with Crippen LogP contribution in [0.25, 0.3) is 0 Å². The fourth-order valence-corrected chi connectivity index (χ4v) is 2.47. The summed E-state index contributed by atoms with van der Waals surface area (Å²) in [6.07, 6.45) is 3.19. The van der Waals surface area contributed by atoms with E-state index in [1.54, 1.807) is 13.8 Å². The van der Waals surface area contributed by atoms with Crippen LogP contribution in [-0.2, 0) is 9.53 Å².